The van der Waals surface area contributed by atoms with Crippen LogP contribution in [0.2, 0.25) is 0 Å². The van der Waals surface area contributed by atoms with Crippen molar-refractivity contribution in [1.29, 1.82) is 0 Å². The highest BCUT2D eigenvalue weighted by Crippen LogP contribution is 2.42. The molecule has 1 aliphatic heterocycles. The Morgan fingerprint density at radius 3 is 1.96 bits per heavy atom. The van der Waals surface area contributed by atoms with E-state index in [9.17, 15) is 0 Å². The van der Waals surface area contributed by atoms with E-state index in [0.29, 0.717) is 28.8 Å². The van der Waals surface area contributed by atoms with Crippen LogP contribution >= 0.6 is 0 Å². The lowest BCUT2D eigenvalue weighted by Crippen LogP contribution is -2.12. The van der Waals surface area contributed by atoms with Gasteiger partial charge in [-0.25, -0.2) is 0 Å². The fourth-order valence-corrected chi connectivity index (χ4v) is 2.91. The molecule has 1 unspecified atom stereocenters. The van der Waals surface area contributed by atoms with E-state index in [1.807, 2.05) is 36.4 Å². The molecule has 0 saturated heterocycles. The third-order valence-electron chi connectivity index (χ3n) is 4.25. The summed E-state index contributed by atoms with van der Waals surface area (Å²) in [6, 6.07) is 9.38. The molecular weight excluding hydrogens is 336 g/mol. The molecule has 0 fully saturated rings. The SMILES string of the molecule is COc1ccc(C2=Cc3cc(OC)c(OC)cc3C(OC)O2)cc1OC. The lowest BCUT2D eigenvalue weighted by Gasteiger charge is -2.27. The topological polar surface area (TPSA) is 55.4 Å². The number of hydrogen-bond donors (Lipinski definition) is 0. The zero-order valence-electron chi connectivity index (χ0n) is 15.5. The summed E-state index contributed by atoms with van der Waals surface area (Å²) in [6.07, 6.45) is 1.38. The highest BCUT2D eigenvalue weighted by molar-refractivity contribution is 5.82. The molecule has 0 amide bonds. The predicted octanol–water partition coefficient (Wildman–Crippen LogP) is 3.89. The van der Waals surface area contributed by atoms with Gasteiger partial charge < -0.3 is 28.4 Å². The van der Waals surface area contributed by atoms with Gasteiger partial charge in [0.25, 0.3) is 0 Å². The molecular formula is C20H22O6. The summed E-state index contributed by atoms with van der Waals surface area (Å²) in [5, 5.41) is 0. The monoisotopic (exact) mass is 358 g/mol. The molecule has 2 aromatic carbocycles. The van der Waals surface area contributed by atoms with Crippen molar-refractivity contribution in [3.8, 4) is 23.0 Å². The minimum atomic E-state index is -0.557. The number of benzene rings is 2. The van der Waals surface area contributed by atoms with Crippen molar-refractivity contribution < 1.29 is 28.4 Å². The quantitative estimate of drug-likeness (QED) is 0.781. The fraction of sp³-hybridized carbons (Fsp3) is 0.300. The zero-order chi connectivity index (χ0) is 18.7. The Balaban J connectivity index is 2.09. The highest BCUT2D eigenvalue weighted by Gasteiger charge is 2.26. The third kappa shape index (κ3) is 3.15. The second-order valence-corrected chi connectivity index (χ2v) is 5.60. The highest BCUT2D eigenvalue weighted by atomic mass is 16.7. The van der Waals surface area contributed by atoms with E-state index in [-0.39, 0.29) is 0 Å². The summed E-state index contributed by atoms with van der Waals surface area (Å²) in [4.78, 5) is 0. The molecule has 0 bridgehead atoms. The first-order chi connectivity index (χ1) is 12.6. The van der Waals surface area contributed by atoms with E-state index in [1.165, 1.54) is 0 Å². The van der Waals surface area contributed by atoms with E-state index in [4.69, 9.17) is 28.4 Å². The Bertz CT molecular complexity index is 827. The number of fused-ring (bicyclic) bond motifs is 1. The molecule has 3 rings (SSSR count). The number of ether oxygens (including phenoxy) is 6. The molecule has 26 heavy (non-hydrogen) atoms. The Morgan fingerprint density at radius 1 is 0.731 bits per heavy atom. The molecule has 0 N–H and O–H groups in total. The first kappa shape index (κ1) is 17.9. The Morgan fingerprint density at radius 2 is 1.35 bits per heavy atom. The van der Waals surface area contributed by atoms with Crippen molar-refractivity contribution in [3.63, 3.8) is 0 Å². The average Bonchev–Trinajstić information content (AvgIpc) is 2.70. The van der Waals surface area contributed by atoms with Gasteiger partial charge in [-0.15, -0.1) is 0 Å². The summed E-state index contributed by atoms with van der Waals surface area (Å²) in [7, 11) is 8.01. The van der Waals surface area contributed by atoms with Gasteiger partial charge >= 0.3 is 0 Å². The summed E-state index contributed by atoms with van der Waals surface area (Å²) >= 11 is 0. The largest absolute Gasteiger partial charge is 0.493 e. The molecule has 1 atom stereocenters. The van der Waals surface area contributed by atoms with Gasteiger partial charge in [0.1, 0.15) is 5.76 Å². The van der Waals surface area contributed by atoms with Crippen LogP contribution in [-0.2, 0) is 9.47 Å². The predicted molar refractivity (Wildman–Crippen MR) is 97.8 cm³/mol. The van der Waals surface area contributed by atoms with E-state index in [2.05, 4.69) is 0 Å². The van der Waals surface area contributed by atoms with Gasteiger partial charge in [0.2, 0.25) is 6.29 Å². The minimum absolute atomic E-state index is 0.557. The number of rotatable bonds is 6. The summed E-state index contributed by atoms with van der Waals surface area (Å²) in [6.45, 7) is 0. The smallest absolute Gasteiger partial charge is 0.227 e. The van der Waals surface area contributed by atoms with Crippen molar-refractivity contribution in [2.75, 3.05) is 35.5 Å². The second kappa shape index (κ2) is 7.58. The maximum atomic E-state index is 6.04. The van der Waals surface area contributed by atoms with Gasteiger partial charge in [-0.2, -0.15) is 0 Å². The van der Waals surface area contributed by atoms with Crippen LogP contribution in [0.1, 0.15) is 23.0 Å². The van der Waals surface area contributed by atoms with Gasteiger partial charge in [0.15, 0.2) is 23.0 Å². The lowest BCUT2D eigenvalue weighted by molar-refractivity contribution is -0.0766. The van der Waals surface area contributed by atoms with E-state index < -0.39 is 6.29 Å². The molecule has 6 nitrogen and oxygen atoms in total. The van der Waals surface area contributed by atoms with Gasteiger partial charge in [0, 0.05) is 18.2 Å². The minimum Gasteiger partial charge on any atom is -0.493 e. The number of methoxy groups -OCH3 is 5. The lowest BCUT2D eigenvalue weighted by atomic mass is 10.0. The van der Waals surface area contributed by atoms with Crippen molar-refractivity contribution in [3.05, 3.63) is 47.0 Å². The van der Waals surface area contributed by atoms with E-state index in [0.717, 1.165) is 16.7 Å². The van der Waals surface area contributed by atoms with Gasteiger partial charge in [0.05, 0.1) is 28.4 Å². The van der Waals surface area contributed by atoms with Crippen molar-refractivity contribution in [2.45, 2.75) is 6.29 Å². The molecule has 0 radical (unpaired) electrons. The van der Waals surface area contributed by atoms with Gasteiger partial charge in [-0.3, -0.25) is 0 Å². The maximum absolute atomic E-state index is 6.04. The van der Waals surface area contributed by atoms with Crippen LogP contribution in [0.3, 0.4) is 0 Å². The van der Waals surface area contributed by atoms with Crippen LogP contribution in [0.15, 0.2) is 30.3 Å². The molecule has 1 aliphatic rings. The average molecular weight is 358 g/mol. The second-order valence-electron chi connectivity index (χ2n) is 5.60. The van der Waals surface area contributed by atoms with Gasteiger partial charge in [-0.05, 0) is 42.0 Å². The van der Waals surface area contributed by atoms with Crippen LogP contribution in [0.5, 0.6) is 23.0 Å². The van der Waals surface area contributed by atoms with Crippen LogP contribution in [-0.4, -0.2) is 35.5 Å². The molecule has 0 aliphatic carbocycles. The molecule has 138 valence electrons. The first-order valence-electron chi connectivity index (χ1n) is 8.04. The fourth-order valence-electron chi connectivity index (χ4n) is 2.91. The van der Waals surface area contributed by atoms with Crippen molar-refractivity contribution in [2.24, 2.45) is 0 Å². The summed E-state index contributed by atoms with van der Waals surface area (Å²) in [5.41, 5.74) is 2.66. The van der Waals surface area contributed by atoms with E-state index in [1.54, 1.807) is 35.5 Å². The number of hydrogen-bond acceptors (Lipinski definition) is 6. The first-order valence-corrected chi connectivity index (χ1v) is 8.04. The van der Waals surface area contributed by atoms with E-state index >= 15 is 0 Å². The third-order valence-corrected chi connectivity index (χ3v) is 4.25. The normalized spacial score (nSPS) is 15.4. The molecule has 0 aromatic heterocycles. The maximum Gasteiger partial charge on any atom is 0.227 e. The molecule has 1 heterocycles. The van der Waals surface area contributed by atoms with Crippen molar-refractivity contribution >= 4 is 11.8 Å². The Hall–Kier alpha value is -2.86. The van der Waals surface area contributed by atoms with Gasteiger partial charge in [-0.1, -0.05) is 0 Å². The Kier molecular flexibility index (Phi) is 5.23. The van der Waals surface area contributed by atoms with Crippen molar-refractivity contribution in [1.82, 2.24) is 0 Å². The Labute approximate surface area is 152 Å². The standard InChI is InChI=1S/C20H22O6/c1-21-15-7-6-12(8-17(15)22-2)16-9-13-10-18(23-3)19(24-4)11-14(13)20(25-5)26-16/h6-11,20H,1-5H3. The van der Waals surface area contributed by atoms with Crippen LogP contribution in [0.25, 0.3) is 11.8 Å². The summed E-state index contributed by atoms with van der Waals surface area (Å²) in [5.74, 6) is 3.22. The molecule has 2 aromatic rings. The summed E-state index contributed by atoms with van der Waals surface area (Å²) < 4.78 is 33.0. The zero-order valence-corrected chi connectivity index (χ0v) is 15.5. The van der Waals surface area contributed by atoms with Crippen LogP contribution < -0.4 is 18.9 Å². The molecule has 0 spiro atoms. The molecule has 6 heteroatoms. The van der Waals surface area contributed by atoms with Crippen LogP contribution in [0.4, 0.5) is 0 Å². The molecule has 0 saturated carbocycles. The van der Waals surface area contributed by atoms with Crippen LogP contribution in [0, 0.1) is 0 Å².